The molecule has 1 atom stereocenters. The van der Waals surface area contributed by atoms with Crippen molar-refractivity contribution in [2.45, 2.75) is 26.4 Å². The van der Waals surface area contributed by atoms with Gasteiger partial charge in [-0.2, -0.15) is 0 Å². The highest BCUT2D eigenvalue weighted by Gasteiger charge is 2.13. The lowest BCUT2D eigenvalue weighted by molar-refractivity contribution is 0.0343. The molecule has 0 spiro atoms. The van der Waals surface area contributed by atoms with Crippen LogP contribution in [0.3, 0.4) is 0 Å². The van der Waals surface area contributed by atoms with Gasteiger partial charge < -0.3 is 10.1 Å². The van der Waals surface area contributed by atoms with Crippen molar-refractivity contribution in [3.05, 3.63) is 34.3 Å². The minimum absolute atomic E-state index is 0.469. The normalized spacial score (nSPS) is 18.5. The maximum absolute atomic E-state index is 6.04. The summed E-state index contributed by atoms with van der Waals surface area (Å²) in [7, 11) is 0. The lowest BCUT2D eigenvalue weighted by atomic mass is 10.1. The maximum atomic E-state index is 6.04. The molecule has 1 N–H and O–H groups in total. The van der Waals surface area contributed by atoms with E-state index in [0.29, 0.717) is 6.04 Å². The highest BCUT2D eigenvalue weighted by atomic mass is 35.5. The highest BCUT2D eigenvalue weighted by Crippen LogP contribution is 2.15. The largest absolute Gasteiger partial charge is 0.379 e. The van der Waals surface area contributed by atoms with Crippen LogP contribution >= 0.6 is 11.6 Å². The van der Waals surface area contributed by atoms with Crippen LogP contribution in [0.25, 0.3) is 0 Å². The molecule has 3 nitrogen and oxygen atoms in total. The minimum Gasteiger partial charge on any atom is -0.379 e. The summed E-state index contributed by atoms with van der Waals surface area (Å²) < 4.78 is 5.36. The first-order valence-electron chi connectivity index (χ1n) is 6.93. The van der Waals surface area contributed by atoms with Gasteiger partial charge in [-0.15, -0.1) is 0 Å². The quantitative estimate of drug-likeness (QED) is 0.898. The van der Waals surface area contributed by atoms with E-state index in [2.05, 4.69) is 30.1 Å². The van der Waals surface area contributed by atoms with Crippen molar-refractivity contribution in [1.82, 2.24) is 10.2 Å². The number of nitrogens with one attached hydrogen (secondary N) is 1. The zero-order valence-electron chi connectivity index (χ0n) is 11.8. The van der Waals surface area contributed by atoms with Gasteiger partial charge in [0, 0.05) is 37.2 Å². The molecule has 0 amide bonds. The van der Waals surface area contributed by atoms with Crippen molar-refractivity contribution in [3.63, 3.8) is 0 Å². The third kappa shape index (κ3) is 4.77. The van der Waals surface area contributed by atoms with Gasteiger partial charge in [0.2, 0.25) is 0 Å². The number of rotatable bonds is 5. The number of aryl methyl sites for hydroxylation is 1. The second-order valence-electron chi connectivity index (χ2n) is 5.27. The molecule has 4 heteroatoms. The summed E-state index contributed by atoms with van der Waals surface area (Å²) in [5.74, 6) is 0. The van der Waals surface area contributed by atoms with Crippen LogP contribution in [0.2, 0.25) is 5.02 Å². The molecule has 0 saturated carbocycles. The Kier molecular flexibility index (Phi) is 5.64. The molecule has 1 saturated heterocycles. The first kappa shape index (κ1) is 14.8. The molecule has 1 heterocycles. The Balaban J connectivity index is 1.79. The Bertz CT molecular complexity index is 405. The first-order chi connectivity index (χ1) is 9.15. The van der Waals surface area contributed by atoms with Gasteiger partial charge >= 0.3 is 0 Å². The molecular formula is C15H23ClN2O. The van der Waals surface area contributed by atoms with Crippen molar-refractivity contribution in [2.24, 2.45) is 0 Å². The zero-order valence-corrected chi connectivity index (χ0v) is 12.5. The molecule has 1 aromatic carbocycles. The van der Waals surface area contributed by atoms with Gasteiger partial charge in [-0.1, -0.05) is 17.7 Å². The van der Waals surface area contributed by atoms with Gasteiger partial charge in [0.25, 0.3) is 0 Å². The van der Waals surface area contributed by atoms with E-state index in [-0.39, 0.29) is 0 Å². The van der Waals surface area contributed by atoms with Crippen LogP contribution in [0.15, 0.2) is 18.2 Å². The Hall–Kier alpha value is -0.610. The summed E-state index contributed by atoms with van der Waals surface area (Å²) >= 11 is 6.04. The van der Waals surface area contributed by atoms with Crippen LogP contribution in [-0.4, -0.2) is 43.8 Å². The lowest BCUT2D eigenvalue weighted by Crippen LogP contribution is -2.44. The number of benzene rings is 1. The SMILES string of the molecule is Cc1ccc(Cl)cc1CNC(C)CN1CCOCC1. The Morgan fingerprint density at radius 2 is 2.11 bits per heavy atom. The predicted octanol–water partition coefficient (Wildman–Crippen LogP) is 2.46. The molecule has 2 rings (SSSR count). The zero-order chi connectivity index (χ0) is 13.7. The summed E-state index contributed by atoms with van der Waals surface area (Å²) in [5, 5.41) is 4.38. The molecular weight excluding hydrogens is 260 g/mol. The molecule has 1 aromatic rings. The van der Waals surface area contributed by atoms with E-state index >= 15 is 0 Å². The third-order valence-electron chi connectivity index (χ3n) is 3.59. The molecule has 0 bridgehead atoms. The van der Waals surface area contributed by atoms with E-state index in [1.165, 1.54) is 11.1 Å². The highest BCUT2D eigenvalue weighted by molar-refractivity contribution is 6.30. The Morgan fingerprint density at radius 3 is 2.84 bits per heavy atom. The summed E-state index contributed by atoms with van der Waals surface area (Å²) in [4.78, 5) is 2.45. The van der Waals surface area contributed by atoms with Crippen molar-refractivity contribution >= 4 is 11.6 Å². The summed E-state index contributed by atoms with van der Waals surface area (Å²) in [5.41, 5.74) is 2.57. The third-order valence-corrected chi connectivity index (χ3v) is 3.82. The van der Waals surface area contributed by atoms with Crippen molar-refractivity contribution in [2.75, 3.05) is 32.8 Å². The van der Waals surface area contributed by atoms with Crippen LogP contribution in [0, 0.1) is 6.92 Å². The lowest BCUT2D eigenvalue weighted by Gasteiger charge is -2.29. The summed E-state index contributed by atoms with van der Waals surface area (Å²) in [6, 6.07) is 6.53. The molecule has 19 heavy (non-hydrogen) atoms. The second kappa shape index (κ2) is 7.25. The van der Waals surface area contributed by atoms with E-state index in [9.17, 15) is 0 Å². The summed E-state index contributed by atoms with van der Waals surface area (Å²) in [6.07, 6.45) is 0. The van der Waals surface area contributed by atoms with Gasteiger partial charge in [0.05, 0.1) is 13.2 Å². The van der Waals surface area contributed by atoms with Crippen LogP contribution in [0.5, 0.6) is 0 Å². The average molecular weight is 283 g/mol. The number of ether oxygens (including phenoxy) is 1. The van der Waals surface area contributed by atoms with E-state index in [1.54, 1.807) is 0 Å². The maximum Gasteiger partial charge on any atom is 0.0594 e. The second-order valence-corrected chi connectivity index (χ2v) is 5.70. The smallest absolute Gasteiger partial charge is 0.0594 e. The van der Waals surface area contributed by atoms with Crippen LogP contribution in [0.1, 0.15) is 18.1 Å². The van der Waals surface area contributed by atoms with E-state index in [1.807, 2.05) is 12.1 Å². The topological polar surface area (TPSA) is 24.5 Å². The fourth-order valence-corrected chi connectivity index (χ4v) is 2.54. The fourth-order valence-electron chi connectivity index (χ4n) is 2.35. The van der Waals surface area contributed by atoms with E-state index in [4.69, 9.17) is 16.3 Å². The van der Waals surface area contributed by atoms with Crippen molar-refractivity contribution < 1.29 is 4.74 Å². The van der Waals surface area contributed by atoms with E-state index in [0.717, 1.165) is 44.4 Å². The number of nitrogens with zero attached hydrogens (tertiary/aromatic N) is 1. The molecule has 0 radical (unpaired) electrons. The number of morpholine rings is 1. The van der Waals surface area contributed by atoms with Gasteiger partial charge in [0.15, 0.2) is 0 Å². The fraction of sp³-hybridized carbons (Fsp3) is 0.600. The van der Waals surface area contributed by atoms with Gasteiger partial charge in [-0.25, -0.2) is 0 Å². The number of hydrogen-bond acceptors (Lipinski definition) is 3. The molecule has 0 aromatic heterocycles. The average Bonchev–Trinajstić information content (AvgIpc) is 2.41. The van der Waals surface area contributed by atoms with Gasteiger partial charge in [-0.3, -0.25) is 4.90 Å². The molecule has 1 aliphatic rings. The van der Waals surface area contributed by atoms with Crippen molar-refractivity contribution in [3.8, 4) is 0 Å². The first-order valence-corrected chi connectivity index (χ1v) is 7.31. The van der Waals surface area contributed by atoms with Crippen LogP contribution < -0.4 is 5.32 Å². The van der Waals surface area contributed by atoms with Gasteiger partial charge in [-0.05, 0) is 37.1 Å². The Labute approximate surface area is 120 Å². The van der Waals surface area contributed by atoms with E-state index < -0.39 is 0 Å². The van der Waals surface area contributed by atoms with Gasteiger partial charge in [0.1, 0.15) is 0 Å². The predicted molar refractivity (Wildman–Crippen MR) is 79.7 cm³/mol. The summed E-state index contributed by atoms with van der Waals surface area (Å²) in [6.45, 7) is 10.1. The monoisotopic (exact) mass is 282 g/mol. The van der Waals surface area contributed by atoms with Crippen molar-refractivity contribution in [1.29, 1.82) is 0 Å². The number of hydrogen-bond donors (Lipinski definition) is 1. The Morgan fingerprint density at radius 1 is 1.37 bits per heavy atom. The minimum atomic E-state index is 0.469. The van der Waals surface area contributed by atoms with Crippen LogP contribution in [-0.2, 0) is 11.3 Å². The molecule has 1 aliphatic heterocycles. The molecule has 0 aliphatic carbocycles. The molecule has 106 valence electrons. The molecule has 1 unspecified atom stereocenters. The van der Waals surface area contributed by atoms with Crippen LogP contribution in [0.4, 0.5) is 0 Å². The number of halogens is 1. The molecule has 1 fully saturated rings. The standard InChI is InChI=1S/C15H23ClN2O/c1-12-3-4-15(16)9-14(12)10-17-13(2)11-18-5-7-19-8-6-18/h3-4,9,13,17H,5-8,10-11H2,1-2H3.